The van der Waals surface area contributed by atoms with Gasteiger partial charge in [-0.05, 0) is 6.07 Å². The van der Waals surface area contributed by atoms with Crippen molar-refractivity contribution in [1.82, 2.24) is 19.3 Å². The molecule has 0 saturated heterocycles. The van der Waals surface area contributed by atoms with Gasteiger partial charge in [0.1, 0.15) is 0 Å². The van der Waals surface area contributed by atoms with Gasteiger partial charge in [-0.15, -0.1) is 0 Å². The summed E-state index contributed by atoms with van der Waals surface area (Å²) in [5, 5.41) is 4.04. The Balaban J connectivity index is 2.45. The van der Waals surface area contributed by atoms with E-state index in [1.165, 1.54) is 0 Å². The van der Waals surface area contributed by atoms with Crippen molar-refractivity contribution in [1.29, 1.82) is 0 Å². The summed E-state index contributed by atoms with van der Waals surface area (Å²) >= 11 is 0. The number of hydrogen-bond acceptors (Lipinski definition) is 2. The Morgan fingerprint density at radius 1 is 1.45 bits per heavy atom. The lowest BCUT2D eigenvalue weighted by Gasteiger charge is -1.91. The lowest BCUT2D eigenvalue weighted by molar-refractivity contribution is 0.851. The van der Waals surface area contributed by atoms with Gasteiger partial charge in [0.05, 0.1) is 6.33 Å². The van der Waals surface area contributed by atoms with Crippen molar-refractivity contribution >= 4 is 0 Å². The van der Waals surface area contributed by atoms with Gasteiger partial charge in [0.2, 0.25) is 0 Å². The summed E-state index contributed by atoms with van der Waals surface area (Å²) in [4.78, 5) is 4.12. The molecule has 56 valence electrons. The molecule has 0 amide bonds. The van der Waals surface area contributed by atoms with Gasteiger partial charge in [-0.25, -0.2) is 9.67 Å². The van der Waals surface area contributed by atoms with Gasteiger partial charge in [-0.3, -0.25) is 0 Å². The molecule has 0 aliphatic heterocycles. The molecule has 0 unspecified atom stereocenters. The van der Waals surface area contributed by atoms with E-state index >= 15 is 0 Å². The maximum atomic E-state index is 4.12. The van der Waals surface area contributed by atoms with Crippen molar-refractivity contribution in [2.24, 2.45) is 7.05 Å². The van der Waals surface area contributed by atoms with Crippen molar-refractivity contribution in [3.05, 3.63) is 31.0 Å². The van der Waals surface area contributed by atoms with Crippen molar-refractivity contribution in [3.63, 3.8) is 0 Å². The SMILES string of the molecule is Cn1cnc(-n2cccn2)c1. The Hall–Kier alpha value is -1.58. The largest absolute Gasteiger partial charge is 0.338 e. The first-order chi connectivity index (χ1) is 5.36. The number of hydrogen-bond donors (Lipinski definition) is 0. The van der Waals surface area contributed by atoms with E-state index < -0.39 is 0 Å². The summed E-state index contributed by atoms with van der Waals surface area (Å²) in [6.07, 6.45) is 7.25. The van der Waals surface area contributed by atoms with E-state index in [2.05, 4.69) is 10.1 Å². The summed E-state index contributed by atoms with van der Waals surface area (Å²) < 4.78 is 3.61. The summed E-state index contributed by atoms with van der Waals surface area (Å²) in [6.45, 7) is 0. The van der Waals surface area contributed by atoms with Crippen molar-refractivity contribution in [3.8, 4) is 5.82 Å². The van der Waals surface area contributed by atoms with Gasteiger partial charge in [-0.2, -0.15) is 5.10 Å². The second-order valence-corrected chi connectivity index (χ2v) is 2.35. The highest BCUT2D eigenvalue weighted by Gasteiger charge is 1.96. The number of imidazole rings is 1. The van der Waals surface area contributed by atoms with Crippen LogP contribution in [0.4, 0.5) is 0 Å². The molecule has 2 aromatic heterocycles. The van der Waals surface area contributed by atoms with E-state index in [1.807, 2.05) is 30.1 Å². The fourth-order valence-electron chi connectivity index (χ4n) is 0.922. The summed E-state index contributed by atoms with van der Waals surface area (Å²) in [7, 11) is 1.93. The second kappa shape index (κ2) is 2.23. The number of rotatable bonds is 1. The fraction of sp³-hybridized carbons (Fsp3) is 0.143. The number of aryl methyl sites for hydroxylation is 1. The first-order valence-corrected chi connectivity index (χ1v) is 3.34. The molecule has 0 aromatic carbocycles. The second-order valence-electron chi connectivity index (χ2n) is 2.35. The van der Waals surface area contributed by atoms with Crippen molar-refractivity contribution < 1.29 is 0 Å². The molecule has 2 rings (SSSR count). The van der Waals surface area contributed by atoms with E-state index in [0.29, 0.717) is 0 Å². The third-order valence-electron chi connectivity index (χ3n) is 1.43. The standard InChI is InChI=1S/C7H8N4/c1-10-5-7(8-6-10)11-4-2-3-9-11/h2-6H,1H3. The van der Waals surface area contributed by atoms with Crippen molar-refractivity contribution in [2.45, 2.75) is 0 Å². The highest BCUT2D eigenvalue weighted by molar-refractivity contribution is 5.15. The molecule has 0 bridgehead atoms. The third-order valence-corrected chi connectivity index (χ3v) is 1.43. The zero-order chi connectivity index (χ0) is 7.68. The van der Waals surface area contributed by atoms with Crippen LogP contribution in [0.5, 0.6) is 0 Å². The average Bonchev–Trinajstić information content (AvgIpc) is 2.55. The lowest BCUT2D eigenvalue weighted by atomic mass is 10.7. The Bertz CT molecular complexity index is 333. The number of nitrogens with zero attached hydrogens (tertiary/aromatic N) is 4. The molecule has 0 N–H and O–H groups in total. The van der Waals surface area contributed by atoms with Crippen molar-refractivity contribution in [2.75, 3.05) is 0 Å². The predicted octanol–water partition coefficient (Wildman–Crippen LogP) is 0.606. The van der Waals surface area contributed by atoms with Crippen LogP contribution in [0.3, 0.4) is 0 Å². The summed E-state index contributed by atoms with van der Waals surface area (Å²) in [6, 6.07) is 1.87. The molecule has 0 aliphatic carbocycles. The van der Waals surface area contributed by atoms with Crippen LogP contribution in [0.25, 0.3) is 5.82 Å². The van der Waals surface area contributed by atoms with Crippen LogP contribution in [0, 0.1) is 0 Å². The number of aromatic nitrogens is 4. The van der Waals surface area contributed by atoms with Crippen LogP contribution in [0.1, 0.15) is 0 Å². The van der Waals surface area contributed by atoms with E-state index in [4.69, 9.17) is 0 Å². The smallest absolute Gasteiger partial charge is 0.171 e. The fourth-order valence-corrected chi connectivity index (χ4v) is 0.922. The molecular formula is C7H8N4. The first kappa shape index (κ1) is 6.15. The normalized spacial score (nSPS) is 10.3. The minimum absolute atomic E-state index is 0.845. The van der Waals surface area contributed by atoms with Gasteiger partial charge in [0.25, 0.3) is 0 Å². The predicted molar refractivity (Wildman–Crippen MR) is 40.3 cm³/mol. The Labute approximate surface area is 64.1 Å². The van der Waals surface area contributed by atoms with Gasteiger partial charge in [0.15, 0.2) is 5.82 Å². The van der Waals surface area contributed by atoms with Gasteiger partial charge < -0.3 is 4.57 Å². The molecule has 11 heavy (non-hydrogen) atoms. The van der Waals surface area contributed by atoms with Crippen LogP contribution in [0.2, 0.25) is 0 Å². The maximum absolute atomic E-state index is 4.12. The molecule has 0 saturated carbocycles. The molecule has 4 heteroatoms. The van der Waals surface area contributed by atoms with E-state index in [-0.39, 0.29) is 0 Å². The highest BCUT2D eigenvalue weighted by Crippen LogP contribution is 1.99. The molecule has 0 aliphatic rings. The molecule has 0 radical (unpaired) electrons. The lowest BCUT2D eigenvalue weighted by Crippen LogP contribution is -1.93. The third kappa shape index (κ3) is 1.02. The monoisotopic (exact) mass is 148 g/mol. The molecule has 2 aromatic rings. The zero-order valence-electron chi connectivity index (χ0n) is 6.18. The van der Waals surface area contributed by atoms with Gasteiger partial charge >= 0.3 is 0 Å². The maximum Gasteiger partial charge on any atom is 0.171 e. The molecule has 0 atom stereocenters. The Morgan fingerprint density at radius 2 is 2.36 bits per heavy atom. The molecule has 2 heterocycles. The quantitative estimate of drug-likeness (QED) is 0.593. The van der Waals surface area contributed by atoms with Crippen LogP contribution in [-0.2, 0) is 7.05 Å². The summed E-state index contributed by atoms with van der Waals surface area (Å²) in [5.41, 5.74) is 0. The Morgan fingerprint density at radius 3 is 2.91 bits per heavy atom. The topological polar surface area (TPSA) is 35.6 Å². The average molecular weight is 148 g/mol. The van der Waals surface area contributed by atoms with E-state index in [1.54, 1.807) is 17.2 Å². The van der Waals surface area contributed by atoms with Gasteiger partial charge in [0, 0.05) is 25.6 Å². The van der Waals surface area contributed by atoms with Crippen LogP contribution in [-0.4, -0.2) is 19.3 Å². The van der Waals surface area contributed by atoms with Crippen LogP contribution < -0.4 is 0 Å². The van der Waals surface area contributed by atoms with E-state index in [9.17, 15) is 0 Å². The molecule has 4 nitrogen and oxygen atoms in total. The molecule has 0 fully saturated rings. The molecule has 0 spiro atoms. The van der Waals surface area contributed by atoms with E-state index in [0.717, 1.165) is 5.82 Å². The van der Waals surface area contributed by atoms with Crippen LogP contribution >= 0.6 is 0 Å². The van der Waals surface area contributed by atoms with Gasteiger partial charge in [-0.1, -0.05) is 0 Å². The minimum atomic E-state index is 0.845. The zero-order valence-corrected chi connectivity index (χ0v) is 6.18. The molecular weight excluding hydrogens is 140 g/mol. The minimum Gasteiger partial charge on any atom is -0.338 e. The highest BCUT2D eigenvalue weighted by atomic mass is 15.3. The van der Waals surface area contributed by atoms with Crippen LogP contribution in [0.15, 0.2) is 31.0 Å². The first-order valence-electron chi connectivity index (χ1n) is 3.34. The summed E-state index contributed by atoms with van der Waals surface area (Å²) in [5.74, 6) is 0.845. The Kier molecular flexibility index (Phi) is 1.25.